The molecule has 0 fully saturated rings. The average molecular weight is 727 g/mol. The molecule has 2 unspecified atom stereocenters. The predicted molar refractivity (Wildman–Crippen MR) is 174 cm³/mol. The van der Waals surface area contributed by atoms with E-state index in [4.69, 9.17) is 9.98 Å². The summed E-state index contributed by atoms with van der Waals surface area (Å²) in [6, 6.07) is 26.3. The molecule has 0 amide bonds. The summed E-state index contributed by atoms with van der Waals surface area (Å²) in [5, 5.41) is 0. The number of benzene rings is 4. The van der Waals surface area contributed by atoms with E-state index in [1.54, 1.807) is 12.1 Å². The van der Waals surface area contributed by atoms with Gasteiger partial charge in [-0.2, -0.15) is 0 Å². The molecule has 0 saturated heterocycles. The molecule has 4 rings (SSSR count). The van der Waals surface area contributed by atoms with E-state index in [0.717, 1.165) is 56.2 Å². The topological polar surface area (TPSA) is 24.7 Å². The second-order valence-electron chi connectivity index (χ2n) is 10.0. The first-order valence-electron chi connectivity index (χ1n) is 13.2. The molecule has 0 aliphatic carbocycles. The van der Waals surface area contributed by atoms with E-state index in [-0.39, 0.29) is 23.5 Å². The Morgan fingerprint density at radius 3 is 1.27 bits per heavy atom. The fourth-order valence-corrected chi connectivity index (χ4v) is 4.83. The standard InChI is InChI=1S/C34H34F2N2.2BrH.Ni/c1-21-17-29(35)19-31(23(3)27-13-9-7-10-14-27)33(21)37-25(5)26(6)38-34-22(2)18-30(36)20-32(34)24(4)28-15-11-8-12-16-28;;;/h7-20,23-24H,1-6H3;2*1H;/q;;;+2/p-2. The van der Waals surface area contributed by atoms with Crippen LogP contribution in [0.5, 0.6) is 0 Å². The van der Waals surface area contributed by atoms with Crippen LogP contribution >= 0.6 is 28.5 Å². The minimum absolute atomic E-state index is 0.0351. The number of rotatable bonds is 7. The van der Waals surface area contributed by atoms with Crippen LogP contribution in [-0.4, -0.2) is 11.4 Å². The third-order valence-electron chi connectivity index (χ3n) is 7.20. The van der Waals surface area contributed by atoms with Crippen molar-refractivity contribution in [1.82, 2.24) is 0 Å². The van der Waals surface area contributed by atoms with Crippen molar-refractivity contribution in [1.29, 1.82) is 0 Å². The van der Waals surface area contributed by atoms with Crippen LogP contribution in [0.2, 0.25) is 0 Å². The molecule has 0 heterocycles. The summed E-state index contributed by atoms with van der Waals surface area (Å²) < 4.78 is 29.0. The minimum atomic E-state index is -0.274. The molecular weight excluding hydrogens is 693 g/mol. The van der Waals surface area contributed by atoms with Crippen LogP contribution in [0.3, 0.4) is 0 Å². The summed E-state index contributed by atoms with van der Waals surface area (Å²) in [5.41, 5.74) is 8.35. The van der Waals surface area contributed by atoms with Crippen LogP contribution in [0.25, 0.3) is 0 Å². The zero-order chi connectivity index (χ0) is 30.1. The molecule has 0 radical (unpaired) electrons. The molecule has 218 valence electrons. The zero-order valence-electron chi connectivity index (χ0n) is 24.0. The van der Waals surface area contributed by atoms with Crippen molar-refractivity contribution >= 4 is 51.2 Å². The van der Waals surface area contributed by atoms with Crippen molar-refractivity contribution in [3.05, 3.63) is 130 Å². The Labute approximate surface area is 262 Å². The Kier molecular flexibility index (Phi) is 12.6. The Balaban J connectivity index is 0.00000147. The van der Waals surface area contributed by atoms with Crippen LogP contribution in [0, 0.1) is 25.5 Å². The first-order chi connectivity index (χ1) is 19.6. The van der Waals surface area contributed by atoms with Gasteiger partial charge in [-0.3, -0.25) is 9.98 Å². The molecule has 2 atom stereocenters. The van der Waals surface area contributed by atoms with Gasteiger partial charge in [-0.15, -0.1) is 0 Å². The molecule has 0 saturated carbocycles. The molecule has 0 N–H and O–H groups in total. The second-order valence-corrected chi connectivity index (χ2v) is 15.0. The van der Waals surface area contributed by atoms with Crippen molar-refractivity contribution in [3.63, 3.8) is 0 Å². The third kappa shape index (κ3) is 8.76. The molecular formula is C34H34Br2F2N2Ni. The predicted octanol–water partition coefficient (Wildman–Crippen LogP) is 11.5. The second kappa shape index (κ2) is 15.7. The van der Waals surface area contributed by atoms with Crippen LogP contribution in [0.1, 0.15) is 72.9 Å². The van der Waals surface area contributed by atoms with Crippen LogP contribution in [0.15, 0.2) is 94.9 Å². The number of halogens is 4. The molecule has 0 aliphatic rings. The SMILES string of the molecule is CC(=Nc1c(C)cc(F)cc1C(C)c1ccccc1)C(C)=Nc1c(C)cc(F)cc1C(C)c1ccccc1.[Br][Ni][Br]. The summed E-state index contributed by atoms with van der Waals surface area (Å²) in [7, 11) is 1.25. The van der Waals surface area contributed by atoms with Crippen molar-refractivity contribution in [2.75, 3.05) is 0 Å². The fraction of sp³-hybridized carbons (Fsp3) is 0.235. The molecule has 7 heteroatoms. The molecule has 0 aliphatic heterocycles. The zero-order valence-corrected chi connectivity index (χ0v) is 28.1. The molecule has 2 nitrogen and oxygen atoms in total. The van der Waals surface area contributed by atoms with Crippen molar-refractivity contribution < 1.29 is 19.7 Å². The van der Waals surface area contributed by atoms with Gasteiger partial charge in [-0.05, 0) is 85.3 Å². The van der Waals surface area contributed by atoms with Gasteiger partial charge in [0.1, 0.15) is 11.6 Å². The van der Waals surface area contributed by atoms with Gasteiger partial charge in [-0.25, -0.2) is 8.78 Å². The molecule has 0 aromatic heterocycles. The van der Waals surface area contributed by atoms with E-state index >= 15 is 0 Å². The normalized spacial score (nSPS) is 13.4. The summed E-state index contributed by atoms with van der Waals surface area (Å²) in [6.45, 7) is 11.7. The number of nitrogens with zero attached hydrogens (tertiary/aromatic N) is 2. The van der Waals surface area contributed by atoms with Gasteiger partial charge >= 0.3 is 39.3 Å². The average Bonchev–Trinajstić information content (AvgIpc) is 2.96. The molecule has 4 aromatic carbocycles. The quantitative estimate of drug-likeness (QED) is 0.134. The van der Waals surface area contributed by atoms with Gasteiger partial charge < -0.3 is 0 Å². The van der Waals surface area contributed by atoms with Gasteiger partial charge in [0, 0.05) is 11.8 Å². The van der Waals surface area contributed by atoms with Crippen molar-refractivity contribution in [2.45, 2.75) is 53.4 Å². The van der Waals surface area contributed by atoms with Gasteiger partial charge in [0.15, 0.2) is 0 Å². The molecule has 0 bridgehead atoms. The molecule has 0 spiro atoms. The molecule has 4 aromatic rings. The summed E-state index contributed by atoms with van der Waals surface area (Å²) in [5.74, 6) is -0.619. The van der Waals surface area contributed by atoms with Crippen molar-refractivity contribution in [3.8, 4) is 0 Å². The van der Waals surface area contributed by atoms with E-state index in [0.29, 0.717) is 0 Å². The summed E-state index contributed by atoms with van der Waals surface area (Å²) in [6.07, 6.45) is 0. The van der Waals surface area contributed by atoms with E-state index in [9.17, 15) is 8.78 Å². The number of hydrogen-bond acceptors (Lipinski definition) is 2. The van der Waals surface area contributed by atoms with Gasteiger partial charge in [-0.1, -0.05) is 74.5 Å². The van der Waals surface area contributed by atoms with Gasteiger partial charge in [0.25, 0.3) is 0 Å². The van der Waals surface area contributed by atoms with Crippen LogP contribution in [-0.2, 0) is 10.9 Å². The monoisotopic (exact) mass is 724 g/mol. The number of aliphatic imine (C=N–C) groups is 2. The van der Waals surface area contributed by atoms with E-state index in [1.807, 2.05) is 88.4 Å². The fourth-order valence-electron chi connectivity index (χ4n) is 4.83. The number of aryl methyl sites for hydroxylation is 2. The van der Waals surface area contributed by atoms with E-state index in [1.165, 1.54) is 23.0 Å². The Morgan fingerprint density at radius 1 is 0.634 bits per heavy atom. The summed E-state index contributed by atoms with van der Waals surface area (Å²) in [4.78, 5) is 9.93. The van der Waals surface area contributed by atoms with Gasteiger partial charge in [0.05, 0.1) is 22.8 Å². The Bertz CT molecular complexity index is 1410. The Morgan fingerprint density at radius 2 is 0.951 bits per heavy atom. The molecule has 41 heavy (non-hydrogen) atoms. The first kappa shape index (κ1) is 33.0. The number of hydrogen-bond donors (Lipinski definition) is 0. The summed E-state index contributed by atoms with van der Waals surface area (Å²) >= 11 is 6.00. The first-order valence-corrected chi connectivity index (χ1v) is 18.1. The maximum absolute atomic E-state index is 14.5. The van der Waals surface area contributed by atoms with Gasteiger partial charge in [0.2, 0.25) is 0 Å². The maximum atomic E-state index is 14.5. The Hall–Kier alpha value is -2.47. The van der Waals surface area contributed by atoms with Crippen LogP contribution in [0.4, 0.5) is 20.2 Å². The van der Waals surface area contributed by atoms with E-state index in [2.05, 4.69) is 42.3 Å². The van der Waals surface area contributed by atoms with Crippen molar-refractivity contribution in [2.24, 2.45) is 9.98 Å². The van der Waals surface area contributed by atoms with Crippen LogP contribution < -0.4 is 0 Å². The third-order valence-corrected chi connectivity index (χ3v) is 7.20. The van der Waals surface area contributed by atoms with E-state index < -0.39 is 0 Å².